The van der Waals surface area contributed by atoms with Gasteiger partial charge in [0.15, 0.2) is 5.69 Å². The Bertz CT molecular complexity index is 297. The van der Waals surface area contributed by atoms with E-state index in [4.69, 9.17) is 17.3 Å². The Morgan fingerprint density at radius 3 is 2.42 bits per heavy atom. The zero-order chi connectivity index (χ0) is 9.35. The lowest BCUT2D eigenvalue weighted by molar-refractivity contribution is -0.140. The van der Waals surface area contributed by atoms with Crippen molar-refractivity contribution in [3.05, 3.63) is 23.0 Å². The summed E-state index contributed by atoms with van der Waals surface area (Å²) in [5.41, 5.74) is 3.38. The molecular formula is C6H4ClF3N2. The highest BCUT2D eigenvalue weighted by Crippen LogP contribution is 2.34. The standard InChI is InChI=1S/C6H4ClF3N2/c7-3-1-2-12-5(4(3)11)6(8,9)10/h1-2H,11H2. The molecule has 0 aliphatic rings. The van der Waals surface area contributed by atoms with Crippen molar-refractivity contribution in [3.63, 3.8) is 0 Å². The van der Waals surface area contributed by atoms with Crippen LogP contribution in [0.5, 0.6) is 0 Å². The number of alkyl halides is 3. The number of pyridine rings is 1. The molecule has 0 aromatic carbocycles. The molecule has 0 amide bonds. The summed E-state index contributed by atoms with van der Waals surface area (Å²) in [6.45, 7) is 0. The number of rotatable bonds is 0. The van der Waals surface area contributed by atoms with E-state index in [1.165, 1.54) is 6.07 Å². The van der Waals surface area contributed by atoms with Gasteiger partial charge in [-0.25, -0.2) is 4.98 Å². The molecule has 0 aliphatic carbocycles. The Morgan fingerprint density at radius 1 is 1.42 bits per heavy atom. The molecule has 2 N–H and O–H groups in total. The van der Waals surface area contributed by atoms with Crippen molar-refractivity contribution in [3.8, 4) is 0 Å². The Kier molecular flexibility index (Phi) is 2.14. The van der Waals surface area contributed by atoms with Crippen LogP contribution in [0.25, 0.3) is 0 Å². The highest BCUT2D eigenvalue weighted by molar-refractivity contribution is 6.33. The van der Waals surface area contributed by atoms with E-state index >= 15 is 0 Å². The Labute approximate surface area is 71.2 Å². The monoisotopic (exact) mass is 196 g/mol. The maximum atomic E-state index is 12.0. The molecule has 1 heterocycles. The first kappa shape index (κ1) is 9.12. The molecule has 0 saturated carbocycles. The van der Waals surface area contributed by atoms with E-state index in [0.29, 0.717) is 0 Å². The topological polar surface area (TPSA) is 38.9 Å². The average Bonchev–Trinajstić information content (AvgIpc) is 1.92. The second-order valence-corrected chi connectivity index (χ2v) is 2.46. The highest BCUT2D eigenvalue weighted by Gasteiger charge is 2.35. The zero-order valence-corrected chi connectivity index (χ0v) is 6.45. The van der Waals surface area contributed by atoms with E-state index in [-0.39, 0.29) is 5.02 Å². The van der Waals surface area contributed by atoms with Crippen molar-refractivity contribution in [2.75, 3.05) is 5.73 Å². The molecule has 0 fully saturated rings. The van der Waals surface area contributed by atoms with Crippen molar-refractivity contribution >= 4 is 17.3 Å². The van der Waals surface area contributed by atoms with Gasteiger partial charge in [-0.1, -0.05) is 11.6 Å². The first-order chi connectivity index (χ1) is 5.43. The van der Waals surface area contributed by atoms with Gasteiger partial charge in [-0.05, 0) is 6.07 Å². The van der Waals surface area contributed by atoms with Gasteiger partial charge in [-0.3, -0.25) is 0 Å². The summed E-state index contributed by atoms with van der Waals surface area (Å²) in [7, 11) is 0. The quantitative estimate of drug-likeness (QED) is 0.692. The van der Waals surface area contributed by atoms with Gasteiger partial charge in [0.05, 0.1) is 10.7 Å². The second kappa shape index (κ2) is 2.82. The van der Waals surface area contributed by atoms with Crippen LogP contribution in [-0.4, -0.2) is 4.98 Å². The number of anilines is 1. The minimum atomic E-state index is -4.55. The molecule has 0 atom stereocenters. The van der Waals surface area contributed by atoms with Crippen LogP contribution < -0.4 is 5.73 Å². The summed E-state index contributed by atoms with van der Waals surface area (Å²) in [5, 5.41) is -0.141. The van der Waals surface area contributed by atoms with Crippen LogP contribution in [0.4, 0.5) is 18.9 Å². The van der Waals surface area contributed by atoms with Gasteiger partial charge in [-0.15, -0.1) is 0 Å². The van der Waals surface area contributed by atoms with Gasteiger partial charge in [-0.2, -0.15) is 13.2 Å². The second-order valence-electron chi connectivity index (χ2n) is 2.05. The molecule has 1 aromatic heterocycles. The fourth-order valence-corrected chi connectivity index (χ4v) is 0.821. The van der Waals surface area contributed by atoms with Crippen molar-refractivity contribution < 1.29 is 13.2 Å². The van der Waals surface area contributed by atoms with Gasteiger partial charge >= 0.3 is 6.18 Å². The third kappa shape index (κ3) is 1.61. The van der Waals surface area contributed by atoms with Crippen LogP contribution in [0.2, 0.25) is 5.02 Å². The molecule has 0 radical (unpaired) electrons. The molecule has 0 bridgehead atoms. The van der Waals surface area contributed by atoms with Gasteiger partial charge in [0.25, 0.3) is 0 Å². The largest absolute Gasteiger partial charge is 0.435 e. The van der Waals surface area contributed by atoms with Crippen LogP contribution in [0.3, 0.4) is 0 Å². The molecule has 6 heteroatoms. The smallest absolute Gasteiger partial charge is 0.396 e. The van der Waals surface area contributed by atoms with E-state index in [1.54, 1.807) is 0 Å². The van der Waals surface area contributed by atoms with Crippen molar-refractivity contribution in [1.82, 2.24) is 4.98 Å². The third-order valence-electron chi connectivity index (χ3n) is 1.21. The fraction of sp³-hybridized carbons (Fsp3) is 0.167. The highest BCUT2D eigenvalue weighted by atomic mass is 35.5. The Hall–Kier alpha value is -0.970. The van der Waals surface area contributed by atoms with Crippen LogP contribution in [0, 0.1) is 0 Å². The van der Waals surface area contributed by atoms with Gasteiger partial charge in [0, 0.05) is 6.20 Å². The predicted octanol–water partition coefficient (Wildman–Crippen LogP) is 2.34. The fourth-order valence-electron chi connectivity index (χ4n) is 0.676. The molecule has 0 saturated heterocycles. The minimum Gasteiger partial charge on any atom is -0.396 e. The van der Waals surface area contributed by atoms with E-state index in [0.717, 1.165) is 6.20 Å². The van der Waals surface area contributed by atoms with Crippen LogP contribution >= 0.6 is 11.6 Å². The number of nitrogens with zero attached hydrogens (tertiary/aromatic N) is 1. The van der Waals surface area contributed by atoms with Crippen molar-refractivity contribution in [1.29, 1.82) is 0 Å². The minimum absolute atomic E-state index is 0.141. The number of halogens is 4. The molecule has 0 unspecified atom stereocenters. The summed E-state index contributed by atoms with van der Waals surface area (Å²) in [4.78, 5) is 3.08. The lowest BCUT2D eigenvalue weighted by atomic mass is 10.3. The zero-order valence-electron chi connectivity index (χ0n) is 5.69. The van der Waals surface area contributed by atoms with Crippen molar-refractivity contribution in [2.45, 2.75) is 6.18 Å². The maximum absolute atomic E-state index is 12.0. The van der Waals surface area contributed by atoms with E-state index in [9.17, 15) is 13.2 Å². The lowest BCUT2D eigenvalue weighted by Gasteiger charge is -2.08. The number of hydrogen-bond acceptors (Lipinski definition) is 2. The molecule has 0 spiro atoms. The molecular weight excluding hydrogens is 193 g/mol. The molecule has 1 aromatic rings. The summed E-state index contributed by atoms with van der Waals surface area (Å²) in [5.74, 6) is 0. The van der Waals surface area contributed by atoms with Crippen LogP contribution in [-0.2, 0) is 6.18 Å². The van der Waals surface area contributed by atoms with Gasteiger partial charge < -0.3 is 5.73 Å². The predicted molar refractivity (Wildman–Crippen MR) is 38.7 cm³/mol. The molecule has 0 aliphatic heterocycles. The molecule has 66 valence electrons. The normalized spacial score (nSPS) is 11.7. The molecule has 2 nitrogen and oxygen atoms in total. The Morgan fingerprint density at radius 2 is 2.00 bits per heavy atom. The van der Waals surface area contributed by atoms with Crippen molar-refractivity contribution in [2.24, 2.45) is 0 Å². The maximum Gasteiger partial charge on any atom is 0.435 e. The first-order valence-corrected chi connectivity index (χ1v) is 3.28. The first-order valence-electron chi connectivity index (χ1n) is 2.90. The summed E-state index contributed by atoms with van der Waals surface area (Å²) in [6.07, 6.45) is -3.59. The third-order valence-corrected chi connectivity index (χ3v) is 1.54. The SMILES string of the molecule is Nc1c(Cl)ccnc1C(F)(F)F. The number of nitrogens with two attached hydrogens (primary N) is 1. The molecule has 1 rings (SSSR count). The number of hydrogen-bond donors (Lipinski definition) is 1. The lowest BCUT2D eigenvalue weighted by Crippen LogP contribution is -2.11. The Balaban J connectivity index is 3.26. The summed E-state index contributed by atoms with van der Waals surface area (Å²) < 4.78 is 36.1. The number of aromatic nitrogens is 1. The number of nitrogen functional groups attached to an aromatic ring is 1. The van der Waals surface area contributed by atoms with Crippen LogP contribution in [0.1, 0.15) is 5.69 Å². The van der Waals surface area contributed by atoms with E-state index in [2.05, 4.69) is 4.98 Å². The summed E-state index contributed by atoms with van der Waals surface area (Å²) in [6, 6.07) is 1.20. The van der Waals surface area contributed by atoms with Gasteiger partial charge in [0.2, 0.25) is 0 Å². The average molecular weight is 197 g/mol. The van der Waals surface area contributed by atoms with Gasteiger partial charge in [0.1, 0.15) is 0 Å². The molecule has 12 heavy (non-hydrogen) atoms. The summed E-state index contributed by atoms with van der Waals surface area (Å²) >= 11 is 5.35. The van der Waals surface area contributed by atoms with E-state index in [1.807, 2.05) is 0 Å². The van der Waals surface area contributed by atoms with Crippen LogP contribution in [0.15, 0.2) is 12.3 Å². The van der Waals surface area contributed by atoms with E-state index < -0.39 is 17.6 Å².